The molecule has 0 amide bonds. The molecule has 3 heterocycles. The minimum absolute atomic E-state index is 0.165. The van der Waals surface area contributed by atoms with E-state index in [9.17, 15) is 4.79 Å². The standard InChI is InChI=1S/C18H21N5O2/c1-13-20-18(25-21-13)12-23-8-6-22(7-9-23)11-17(24)15-10-19-16-5-3-2-4-14(15)16/h2-5,10,19H,6-9,11-12H2,1H3. The van der Waals surface area contributed by atoms with Gasteiger partial charge in [0.25, 0.3) is 0 Å². The Morgan fingerprint density at radius 3 is 2.72 bits per heavy atom. The van der Waals surface area contributed by atoms with Crippen LogP contribution in [0.4, 0.5) is 0 Å². The Morgan fingerprint density at radius 1 is 1.20 bits per heavy atom. The zero-order chi connectivity index (χ0) is 17.2. The Morgan fingerprint density at radius 2 is 1.96 bits per heavy atom. The number of aromatic amines is 1. The number of benzene rings is 1. The largest absolute Gasteiger partial charge is 0.360 e. The Balaban J connectivity index is 1.33. The van der Waals surface area contributed by atoms with Crippen molar-refractivity contribution in [1.29, 1.82) is 0 Å². The average molecular weight is 339 g/mol. The lowest BCUT2D eigenvalue weighted by Crippen LogP contribution is -2.47. The van der Waals surface area contributed by atoms with E-state index in [2.05, 4.69) is 24.9 Å². The number of H-pyrrole nitrogens is 1. The van der Waals surface area contributed by atoms with Crippen LogP contribution in [0.3, 0.4) is 0 Å². The van der Waals surface area contributed by atoms with Crippen molar-refractivity contribution in [1.82, 2.24) is 24.9 Å². The first kappa shape index (κ1) is 16.0. The van der Waals surface area contributed by atoms with Crippen molar-refractivity contribution < 1.29 is 9.32 Å². The van der Waals surface area contributed by atoms with E-state index in [1.54, 1.807) is 0 Å². The quantitative estimate of drug-likeness (QED) is 0.715. The zero-order valence-electron chi connectivity index (χ0n) is 14.2. The number of fused-ring (bicyclic) bond motifs is 1. The average Bonchev–Trinajstić information content (AvgIpc) is 3.23. The van der Waals surface area contributed by atoms with Gasteiger partial charge in [0.15, 0.2) is 11.6 Å². The number of nitrogens with one attached hydrogen (secondary N) is 1. The maximum absolute atomic E-state index is 12.7. The molecule has 1 fully saturated rings. The summed E-state index contributed by atoms with van der Waals surface area (Å²) in [5.41, 5.74) is 1.78. The van der Waals surface area contributed by atoms with Crippen LogP contribution in [0.1, 0.15) is 22.1 Å². The lowest BCUT2D eigenvalue weighted by atomic mass is 10.1. The molecule has 0 spiro atoms. The van der Waals surface area contributed by atoms with Gasteiger partial charge < -0.3 is 9.51 Å². The van der Waals surface area contributed by atoms with Crippen molar-refractivity contribution in [3.8, 4) is 0 Å². The zero-order valence-corrected chi connectivity index (χ0v) is 14.2. The van der Waals surface area contributed by atoms with Crippen LogP contribution in [0.2, 0.25) is 0 Å². The van der Waals surface area contributed by atoms with E-state index in [0.717, 1.165) is 42.6 Å². The van der Waals surface area contributed by atoms with Gasteiger partial charge in [0.2, 0.25) is 5.89 Å². The van der Waals surface area contributed by atoms with Gasteiger partial charge in [-0.1, -0.05) is 23.4 Å². The van der Waals surface area contributed by atoms with E-state index in [1.807, 2.05) is 37.4 Å². The molecule has 0 radical (unpaired) electrons. The van der Waals surface area contributed by atoms with Crippen molar-refractivity contribution in [3.05, 3.63) is 47.7 Å². The fraction of sp³-hybridized carbons (Fsp3) is 0.389. The van der Waals surface area contributed by atoms with Crippen molar-refractivity contribution in [3.63, 3.8) is 0 Å². The van der Waals surface area contributed by atoms with Gasteiger partial charge in [-0.2, -0.15) is 4.98 Å². The summed E-state index contributed by atoms with van der Waals surface area (Å²) in [6, 6.07) is 7.91. The normalized spacial score (nSPS) is 16.5. The van der Waals surface area contributed by atoms with Crippen LogP contribution >= 0.6 is 0 Å². The molecule has 1 aliphatic rings. The summed E-state index contributed by atoms with van der Waals surface area (Å²) in [5.74, 6) is 1.48. The van der Waals surface area contributed by atoms with E-state index >= 15 is 0 Å². The highest BCUT2D eigenvalue weighted by Gasteiger charge is 2.22. The number of Topliss-reactive ketones (excluding diaryl/α,β-unsaturated/α-hetero) is 1. The van der Waals surface area contributed by atoms with Gasteiger partial charge in [0.05, 0.1) is 13.1 Å². The van der Waals surface area contributed by atoms with Gasteiger partial charge in [-0.25, -0.2) is 0 Å². The van der Waals surface area contributed by atoms with Gasteiger partial charge in [-0.3, -0.25) is 14.6 Å². The minimum Gasteiger partial charge on any atom is -0.360 e. The van der Waals surface area contributed by atoms with E-state index in [1.165, 1.54) is 0 Å². The number of nitrogens with zero attached hydrogens (tertiary/aromatic N) is 4. The van der Waals surface area contributed by atoms with Crippen molar-refractivity contribution in [2.45, 2.75) is 13.5 Å². The molecule has 1 aromatic carbocycles. The number of carbonyl (C=O) groups is 1. The van der Waals surface area contributed by atoms with Crippen LogP contribution in [0, 0.1) is 6.92 Å². The second kappa shape index (κ2) is 6.78. The molecule has 1 aliphatic heterocycles. The monoisotopic (exact) mass is 339 g/mol. The first-order valence-electron chi connectivity index (χ1n) is 8.52. The number of rotatable bonds is 5. The Kier molecular flexibility index (Phi) is 4.33. The van der Waals surface area contributed by atoms with Crippen LogP contribution in [0.5, 0.6) is 0 Å². The summed E-state index contributed by atoms with van der Waals surface area (Å²) < 4.78 is 5.17. The molecule has 2 aromatic heterocycles. The number of ketones is 1. The molecule has 0 saturated carbocycles. The van der Waals surface area contributed by atoms with Gasteiger partial charge >= 0.3 is 0 Å². The summed E-state index contributed by atoms with van der Waals surface area (Å²) in [5, 5.41) is 4.82. The topological polar surface area (TPSA) is 78.3 Å². The number of hydrogen-bond donors (Lipinski definition) is 1. The number of para-hydroxylation sites is 1. The number of aromatic nitrogens is 3. The highest BCUT2D eigenvalue weighted by Crippen LogP contribution is 2.18. The summed E-state index contributed by atoms with van der Waals surface area (Å²) in [4.78, 5) is 24.6. The summed E-state index contributed by atoms with van der Waals surface area (Å²) in [7, 11) is 0. The van der Waals surface area contributed by atoms with Crippen molar-refractivity contribution >= 4 is 16.7 Å². The first-order valence-corrected chi connectivity index (χ1v) is 8.52. The predicted octanol–water partition coefficient (Wildman–Crippen LogP) is 1.86. The fourth-order valence-electron chi connectivity index (χ4n) is 3.29. The maximum Gasteiger partial charge on any atom is 0.240 e. The lowest BCUT2D eigenvalue weighted by molar-refractivity contribution is 0.0828. The van der Waals surface area contributed by atoms with Crippen molar-refractivity contribution in [2.24, 2.45) is 0 Å². The molecule has 0 bridgehead atoms. The van der Waals surface area contributed by atoms with Crippen LogP contribution in [-0.4, -0.2) is 63.4 Å². The van der Waals surface area contributed by atoms with Crippen LogP contribution in [-0.2, 0) is 6.54 Å². The third-order valence-electron chi connectivity index (χ3n) is 4.65. The third kappa shape index (κ3) is 3.47. The third-order valence-corrected chi connectivity index (χ3v) is 4.65. The molecule has 1 N–H and O–H groups in total. The number of aryl methyl sites for hydroxylation is 1. The maximum atomic E-state index is 12.7. The molecule has 25 heavy (non-hydrogen) atoms. The predicted molar refractivity (Wildman–Crippen MR) is 93.4 cm³/mol. The summed E-state index contributed by atoms with van der Waals surface area (Å²) in [6.45, 7) is 6.45. The Bertz CT molecular complexity index is 876. The second-order valence-electron chi connectivity index (χ2n) is 6.46. The molecule has 4 rings (SSSR count). The van der Waals surface area contributed by atoms with Gasteiger partial charge in [-0.15, -0.1) is 0 Å². The number of hydrogen-bond acceptors (Lipinski definition) is 6. The smallest absolute Gasteiger partial charge is 0.240 e. The molecule has 0 aliphatic carbocycles. The highest BCUT2D eigenvalue weighted by atomic mass is 16.5. The molecule has 7 nitrogen and oxygen atoms in total. The summed E-state index contributed by atoms with van der Waals surface area (Å²) in [6.07, 6.45) is 1.82. The molecular weight excluding hydrogens is 318 g/mol. The van der Waals surface area contributed by atoms with E-state index in [-0.39, 0.29) is 5.78 Å². The molecule has 0 atom stereocenters. The van der Waals surface area contributed by atoms with Gasteiger partial charge in [0, 0.05) is 48.8 Å². The highest BCUT2D eigenvalue weighted by molar-refractivity contribution is 6.08. The molecular formula is C18H21N5O2. The molecule has 7 heteroatoms. The fourth-order valence-corrected chi connectivity index (χ4v) is 3.29. The van der Waals surface area contributed by atoms with E-state index in [4.69, 9.17) is 4.52 Å². The van der Waals surface area contributed by atoms with Gasteiger partial charge in [0.1, 0.15) is 0 Å². The number of carbonyl (C=O) groups excluding carboxylic acids is 1. The molecule has 1 saturated heterocycles. The van der Waals surface area contributed by atoms with E-state index in [0.29, 0.717) is 24.8 Å². The van der Waals surface area contributed by atoms with Crippen LogP contribution in [0.25, 0.3) is 10.9 Å². The molecule has 0 unspecified atom stereocenters. The molecule has 130 valence electrons. The van der Waals surface area contributed by atoms with E-state index < -0.39 is 0 Å². The van der Waals surface area contributed by atoms with Crippen LogP contribution in [0.15, 0.2) is 35.0 Å². The van der Waals surface area contributed by atoms with Gasteiger partial charge in [-0.05, 0) is 13.0 Å². The lowest BCUT2D eigenvalue weighted by Gasteiger charge is -2.33. The minimum atomic E-state index is 0.165. The molecule has 3 aromatic rings. The van der Waals surface area contributed by atoms with Crippen LogP contribution < -0.4 is 0 Å². The second-order valence-corrected chi connectivity index (χ2v) is 6.46. The first-order chi connectivity index (χ1) is 12.2. The Labute approximate surface area is 145 Å². The SMILES string of the molecule is Cc1noc(CN2CCN(CC(=O)c3c[nH]c4ccccc34)CC2)n1. The van der Waals surface area contributed by atoms with Crippen molar-refractivity contribution in [2.75, 3.05) is 32.7 Å². The Hall–Kier alpha value is -2.51. The summed E-state index contributed by atoms with van der Waals surface area (Å²) >= 11 is 0. The number of piperazine rings is 1.